The molecule has 3 heteroatoms. The second kappa shape index (κ2) is 3.56. The lowest BCUT2D eigenvalue weighted by atomic mass is 10.1. The minimum atomic E-state index is 0.636. The number of fused-ring (bicyclic) bond motifs is 1. The fourth-order valence-electron chi connectivity index (χ4n) is 2.32. The van der Waals surface area contributed by atoms with E-state index in [9.17, 15) is 0 Å². The Bertz CT molecular complexity index is 163. The lowest BCUT2D eigenvalue weighted by Gasteiger charge is -2.22. The molecule has 2 fully saturated rings. The first-order chi connectivity index (χ1) is 5.77. The molecule has 0 radical (unpaired) electrons. The minimum Gasteiger partial charge on any atom is -0.305 e. The lowest BCUT2D eigenvalue weighted by Crippen LogP contribution is -2.33. The average molecular weight is 186 g/mol. The van der Waals surface area contributed by atoms with Crippen molar-refractivity contribution in [2.45, 2.75) is 24.1 Å². The summed E-state index contributed by atoms with van der Waals surface area (Å²) >= 11 is 4.63. The number of nitrogens with zero attached hydrogens (tertiary/aromatic N) is 2. The van der Waals surface area contributed by atoms with Crippen molar-refractivity contribution >= 4 is 12.6 Å². The molecule has 0 aromatic rings. The van der Waals surface area contributed by atoms with Gasteiger partial charge in [0.1, 0.15) is 0 Å². The number of rotatable bonds is 0. The first-order valence-corrected chi connectivity index (χ1v) is 5.39. The Hall–Kier alpha value is 0.270. The van der Waals surface area contributed by atoms with Crippen LogP contribution in [0.5, 0.6) is 0 Å². The maximum Gasteiger partial charge on any atom is 0.0225 e. The normalized spacial score (nSPS) is 39.5. The molecule has 0 N–H and O–H groups in total. The number of hydrogen-bond acceptors (Lipinski definition) is 3. The summed E-state index contributed by atoms with van der Waals surface area (Å²) in [4.78, 5) is 5.04. The van der Waals surface area contributed by atoms with E-state index in [1.807, 2.05) is 0 Å². The summed E-state index contributed by atoms with van der Waals surface area (Å²) in [5.74, 6) is 0. The monoisotopic (exact) mass is 186 g/mol. The molecule has 0 aliphatic carbocycles. The molecule has 2 heterocycles. The predicted octanol–water partition coefficient (Wildman–Crippen LogP) is 0.695. The summed E-state index contributed by atoms with van der Waals surface area (Å²) in [5.41, 5.74) is 0. The molecule has 2 aliphatic heterocycles. The number of likely N-dealkylation sites (N-methyl/N-ethyl adjacent to an activating group) is 1. The molecule has 2 atom stereocenters. The third kappa shape index (κ3) is 1.63. The van der Waals surface area contributed by atoms with Gasteiger partial charge in [0.15, 0.2) is 0 Å². The molecule has 2 unspecified atom stereocenters. The van der Waals surface area contributed by atoms with Crippen molar-refractivity contribution < 1.29 is 0 Å². The van der Waals surface area contributed by atoms with Crippen LogP contribution in [0.2, 0.25) is 0 Å². The molecule has 2 aliphatic rings. The fourth-order valence-corrected chi connectivity index (χ4v) is 2.77. The van der Waals surface area contributed by atoms with Crippen LogP contribution in [0.4, 0.5) is 0 Å². The maximum absolute atomic E-state index is 4.63. The van der Waals surface area contributed by atoms with E-state index in [2.05, 4.69) is 29.5 Å². The van der Waals surface area contributed by atoms with Crippen molar-refractivity contribution in [3.05, 3.63) is 0 Å². The van der Waals surface area contributed by atoms with Crippen LogP contribution in [0.1, 0.15) is 12.8 Å². The van der Waals surface area contributed by atoms with Gasteiger partial charge in [0, 0.05) is 24.4 Å². The van der Waals surface area contributed by atoms with Crippen LogP contribution in [0.3, 0.4) is 0 Å². The van der Waals surface area contributed by atoms with Crippen molar-refractivity contribution in [3.63, 3.8) is 0 Å². The molecule has 12 heavy (non-hydrogen) atoms. The van der Waals surface area contributed by atoms with Crippen molar-refractivity contribution in [1.82, 2.24) is 9.80 Å². The van der Waals surface area contributed by atoms with E-state index in [1.54, 1.807) is 0 Å². The molecule has 2 rings (SSSR count). The van der Waals surface area contributed by atoms with Crippen molar-refractivity contribution in [2.75, 3.05) is 33.2 Å². The molecule has 0 bridgehead atoms. The molecule has 2 nitrogen and oxygen atoms in total. The first kappa shape index (κ1) is 8.85. The van der Waals surface area contributed by atoms with Crippen LogP contribution in [0, 0.1) is 0 Å². The Balaban J connectivity index is 2.00. The van der Waals surface area contributed by atoms with E-state index in [0.29, 0.717) is 5.25 Å². The van der Waals surface area contributed by atoms with Crippen molar-refractivity contribution in [1.29, 1.82) is 0 Å². The van der Waals surface area contributed by atoms with E-state index < -0.39 is 0 Å². The summed E-state index contributed by atoms with van der Waals surface area (Å²) in [6, 6.07) is 0.762. The fraction of sp³-hybridized carbons (Fsp3) is 1.00. The highest BCUT2D eigenvalue weighted by molar-refractivity contribution is 7.81. The van der Waals surface area contributed by atoms with Gasteiger partial charge in [-0.25, -0.2) is 0 Å². The third-order valence-electron chi connectivity index (χ3n) is 3.20. The predicted molar refractivity (Wildman–Crippen MR) is 54.9 cm³/mol. The second-order valence-electron chi connectivity index (χ2n) is 4.05. The molecular formula is C9H18N2S. The van der Waals surface area contributed by atoms with Gasteiger partial charge >= 0.3 is 0 Å². The Morgan fingerprint density at radius 3 is 2.75 bits per heavy atom. The molecule has 0 aromatic heterocycles. The quantitative estimate of drug-likeness (QED) is 0.556. The lowest BCUT2D eigenvalue weighted by molar-refractivity contribution is 0.264. The smallest absolute Gasteiger partial charge is 0.0225 e. The number of thiol groups is 1. The highest BCUT2D eigenvalue weighted by atomic mass is 32.1. The molecule has 0 amide bonds. The summed E-state index contributed by atoms with van der Waals surface area (Å²) < 4.78 is 0. The SMILES string of the molecule is CN1CCC2C(S)CCN2CC1. The van der Waals surface area contributed by atoms with Crippen LogP contribution < -0.4 is 0 Å². The van der Waals surface area contributed by atoms with E-state index in [1.165, 1.54) is 39.0 Å². The standard InChI is InChI=1S/C9H18N2S/c1-10-4-2-8-9(12)3-5-11(8)7-6-10/h8-9,12H,2-7H2,1H3. The first-order valence-electron chi connectivity index (χ1n) is 4.88. The van der Waals surface area contributed by atoms with E-state index in [-0.39, 0.29) is 0 Å². The summed E-state index contributed by atoms with van der Waals surface area (Å²) in [5, 5.41) is 0.636. The van der Waals surface area contributed by atoms with Gasteiger partial charge in [-0.15, -0.1) is 0 Å². The summed E-state index contributed by atoms with van der Waals surface area (Å²) in [7, 11) is 2.22. The number of hydrogen-bond donors (Lipinski definition) is 1. The van der Waals surface area contributed by atoms with Gasteiger partial charge in [0.25, 0.3) is 0 Å². The molecule has 0 spiro atoms. The zero-order valence-corrected chi connectivity index (χ0v) is 8.63. The summed E-state index contributed by atoms with van der Waals surface area (Å²) in [6.07, 6.45) is 2.60. The Morgan fingerprint density at radius 1 is 1.08 bits per heavy atom. The average Bonchev–Trinajstić information content (AvgIpc) is 2.28. The van der Waals surface area contributed by atoms with E-state index in [4.69, 9.17) is 0 Å². The van der Waals surface area contributed by atoms with E-state index in [0.717, 1.165) is 6.04 Å². The van der Waals surface area contributed by atoms with Crippen LogP contribution in [0.25, 0.3) is 0 Å². The topological polar surface area (TPSA) is 6.48 Å². The van der Waals surface area contributed by atoms with Crippen LogP contribution >= 0.6 is 12.6 Å². The Kier molecular flexibility index (Phi) is 2.63. The van der Waals surface area contributed by atoms with Crippen LogP contribution in [-0.4, -0.2) is 54.3 Å². The van der Waals surface area contributed by atoms with Gasteiger partial charge in [-0.2, -0.15) is 12.6 Å². The molecule has 0 aromatic carbocycles. The van der Waals surface area contributed by atoms with Gasteiger partial charge in [-0.3, -0.25) is 4.90 Å². The highest BCUT2D eigenvalue weighted by Crippen LogP contribution is 2.26. The van der Waals surface area contributed by atoms with Gasteiger partial charge < -0.3 is 4.90 Å². The van der Waals surface area contributed by atoms with Crippen molar-refractivity contribution in [3.8, 4) is 0 Å². The third-order valence-corrected chi connectivity index (χ3v) is 3.80. The van der Waals surface area contributed by atoms with Gasteiger partial charge in [0.05, 0.1) is 0 Å². The van der Waals surface area contributed by atoms with Gasteiger partial charge in [-0.1, -0.05) is 0 Å². The molecule has 70 valence electrons. The van der Waals surface area contributed by atoms with E-state index >= 15 is 0 Å². The Morgan fingerprint density at radius 2 is 1.92 bits per heavy atom. The minimum absolute atomic E-state index is 0.636. The largest absolute Gasteiger partial charge is 0.305 e. The highest BCUT2D eigenvalue weighted by Gasteiger charge is 2.32. The molecular weight excluding hydrogens is 168 g/mol. The second-order valence-corrected chi connectivity index (χ2v) is 4.71. The zero-order chi connectivity index (χ0) is 8.55. The maximum atomic E-state index is 4.63. The van der Waals surface area contributed by atoms with Crippen LogP contribution in [0.15, 0.2) is 0 Å². The zero-order valence-electron chi connectivity index (χ0n) is 7.74. The molecule has 2 saturated heterocycles. The van der Waals surface area contributed by atoms with Gasteiger partial charge in [0.2, 0.25) is 0 Å². The van der Waals surface area contributed by atoms with Crippen LogP contribution in [-0.2, 0) is 0 Å². The molecule has 0 saturated carbocycles. The Labute approximate surface area is 80.3 Å². The van der Waals surface area contributed by atoms with Gasteiger partial charge in [-0.05, 0) is 33.0 Å². The van der Waals surface area contributed by atoms with Crippen molar-refractivity contribution in [2.24, 2.45) is 0 Å². The summed E-state index contributed by atoms with van der Waals surface area (Å²) in [6.45, 7) is 5.00.